The lowest BCUT2D eigenvalue weighted by Gasteiger charge is -2.10. The number of hydrogen-bond acceptors (Lipinski definition) is 5. The molecule has 0 unspecified atom stereocenters. The van der Waals surface area contributed by atoms with E-state index in [1.165, 1.54) is 16.3 Å². The highest BCUT2D eigenvalue weighted by Gasteiger charge is 2.15. The van der Waals surface area contributed by atoms with Crippen LogP contribution in [-0.4, -0.2) is 24.7 Å². The number of aromatic nitrogens is 5. The standard InChI is InChI=1S/C13H13N5O2S/c1-7(21-13-17-16-12(20)18(13)2)10-14-9-6-4-3-5-8(9)11(19)15-10/h3-7H,1-2H3,(H,16,20)(H,14,15,19)/t7-/m0/s1. The van der Waals surface area contributed by atoms with E-state index in [0.717, 1.165) is 0 Å². The minimum Gasteiger partial charge on any atom is -0.309 e. The molecular weight excluding hydrogens is 290 g/mol. The molecule has 3 rings (SSSR count). The fraction of sp³-hybridized carbons (Fsp3) is 0.231. The van der Waals surface area contributed by atoms with Crippen molar-refractivity contribution >= 4 is 22.7 Å². The molecule has 0 radical (unpaired) electrons. The molecule has 0 saturated carbocycles. The molecule has 0 saturated heterocycles. The van der Waals surface area contributed by atoms with E-state index in [9.17, 15) is 9.59 Å². The van der Waals surface area contributed by atoms with E-state index >= 15 is 0 Å². The van der Waals surface area contributed by atoms with Gasteiger partial charge in [0.05, 0.1) is 16.2 Å². The van der Waals surface area contributed by atoms with Crippen molar-refractivity contribution in [3.63, 3.8) is 0 Å². The van der Waals surface area contributed by atoms with Crippen molar-refractivity contribution in [2.45, 2.75) is 17.3 Å². The predicted molar refractivity (Wildman–Crippen MR) is 80.5 cm³/mol. The number of nitrogens with one attached hydrogen (secondary N) is 2. The highest BCUT2D eigenvalue weighted by Crippen LogP contribution is 2.30. The number of nitrogens with zero attached hydrogens (tertiary/aromatic N) is 3. The third kappa shape index (κ3) is 2.49. The van der Waals surface area contributed by atoms with Crippen molar-refractivity contribution in [2.75, 3.05) is 0 Å². The lowest BCUT2D eigenvalue weighted by molar-refractivity contribution is 0.760. The fourth-order valence-electron chi connectivity index (χ4n) is 1.95. The number of rotatable bonds is 3. The van der Waals surface area contributed by atoms with Crippen LogP contribution in [0.25, 0.3) is 10.9 Å². The molecule has 3 aromatic rings. The first-order valence-corrected chi connectivity index (χ1v) is 7.21. The first-order chi connectivity index (χ1) is 10.1. The van der Waals surface area contributed by atoms with E-state index < -0.39 is 0 Å². The number of hydrogen-bond donors (Lipinski definition) is 2. The third-order valence-corrected chi connectivity index (χ3v) is 4.29. The zero-order valence-corrected chi connectivity index (χ0v) is 12.3. The van der Waals surface area contributed by atoms with Gasteiger partial charge in [0.1, 0.15) is 5.82 Å². The second kappa shape index (κ2) is 5.21. The summed E-state index contributed by atoms with van der Waals surface area (Å²) in [6.45, 7) is 1.90. The van der Waals surface area contributed by atoms with Crippen molar-refractivity contribution < 1.29 is 0 Å². The van der Waals surface area contributed by atoms with Crippen LogP contribution in [0.4, 0.5) is 0 Å². The van der Waals surface area contributed by atoms with E-state index in [4.69, 9.17) is 0 Å². The molecule has 0 aliphatic rings. The molecule has 21 heavy (non-hydrogen) atoms. The maximum Gasteiger partial charge on any atom is 0.343 e. The number of thioether (sulfide) groups is 1. The van der Waals surface area contributed by atoms with Gasteiger partial charge < -0.3 is 4.98 Å². The Morgan fingerprint density at radius 3 is 2.76 bits per heavy atom. The van der Waals surface area contributed by atoms with Crippen LogP contribution in [0.2, 0.25) is 0 Å². The van der Waals surface area contributed by atoms with E-state index in [1.54, 1.807) is 25.2 Å². The molecule has 0 amide bonds. The number of H-pyrrole nitrogens is 2. The van der Waals surface area contributed by atoms with Crippen LogP contribution in [0.15, 0.2) is 39.0 Å². The van der Waals surface area contributed by atoms with Crippen molar-refractivity contribution in [2.24, 2.45) is 7.05 Å². The lowest BCUT2D eigenvalue weighted by Crippen LogP contribution is -2.14. The summed E-state index contributed by atoms with van der Waals surface area (Å²) in [5.74, 6) is 0.555. The van der Waals surface area contributed by atoms with Gasteiger partial charge in [-0.25, -0.2) is 14.9 Å². The average Bonchev–Trinajstić information content (AvgIpc) is 2.79. The van der Waals surface area contributed by atoms with Crippen LogP contribution in [0.3, 0.4) is 0 Å². The summed E-state index contributed by atoms with van der Waals surface area (Å²) < 4.78 is 1.42. The largest absolute Gasteiger partial charge is 0.343 e. The quantitative estimate of drug-likeness (QED) is 0.709. The molecule has 0 aliphatic heterocycles. The summed E-state index contributed by atoms with van der Waals surface area (Å²) >= 11 is 1.35. The Morgan fingerprint density at radius 2 is 2.05 bits per heavy atom. The molecule has 8 heteroatoms. The van der Waals surface area contributed by atoms with Crippen LogP contribution in [0, 0.1) is 0 Å². The van der Waals surface area contributed by atoms with E-state index in [-0.39, 0.29) is 16.5 Å². The SMILES string of the molecule is C[C@H](Sc1n[nH]c(=O)n1C)c1nc2ccccc2c(=O)[nH]1. The second-order valence-corrected chi connectivity index (χ2v) is 5.91. The zero-order chi connectivity index (χ0) is 15.0. The molecule has 7 nitrogen and oxygen atoms in total. The normalized spacial score (nSPS) is 12.7. The fourth-order valence-corrected chi connectivity index (χ4v) is 2.83. The highest BCUT2D eigenvalue weighted by molar-refractivity contribution is 7.99. The minimum atomic E-state index is -0.273. The van der Waals surface area contributed by atoms with Gasteiger partial charge in [0.15, 0.2) is 5.16 Å². The number of aromatic amines is 2. The number of fused-ring (bicyclic) bond motifs is 1. The first-order valence-electron chi connectivity index (χ1n) is 6.33. The number of para-hydroxylation sites is 1. The zero-order valence-electron chi connectivity index (χ0n) is 11.5. The van der Waals surface area contributed by atoms with Crippen LogP contribution in [0.1, 0.15) is 18.0 Å². The van der Waals surface area contributed by atoms with Gasteiger partial charge in [0, 0.05) is 7.05 Å². The van der Waals surface area contributed by atoms with Crippen LogP contribution in [-0.2, 0) is 7.05 Å². The summed E-state index contributed by atoms with van der Waals surface area (Å²) in [7, 11) is 1.64. The highest BCUT2D eigenvalue weighted by atomic mass is 32.2. The Balaban J connectivity index is 1.98. The molecule has 2 N–H and O–H groups in total. The van der Waals surface area contributed by atoms with E-state index in [2.05, 4.69) is 20.2 Å². The molecule has 0 aliphatic carbocycles. The molecule has 0 spiro atoms. The lowest BCUT2D eigenvalue weighted by atomic mass is 10.2. The second-order valence-electron chi connectivity index (χ2n) is 4.60. The third-order valence-electron chi connectivity index (χ3n) is 3.14. The van der Waals surface area contributed by atoms with Gasteiger partial charge in [-0.1, -0.05) is 23.9 Å². The Labute approximate surface area is 123 Å². The molecule has 0 fully saturated rings. The topological polar surface area (TPSA) is 96.4 Å². The Morgan fingerprint density at radius 1 is 1.29 bits per heavy atom. The molecule has 1 aromatic carbocycles. The van der Waals surface area contributed by atoms with Crippen molar-refractivity contribution in [1.82, 2.24) is 24.7 Å². The van der Waals surface area contributed by atoms with Crippen LogP contribution in [0.5, 0.6) is 0 Å². The summed E-state index contributed by atoms with van der Waals surface area (Å²) in [5, 5.41) is 7.28. The molecule has 0 bridgehead atoms. The maximum atomic E-state index is 12.0. The monoisotopic (exact) mass is 303 g/mol. The minimum absolute atomic E-state index is 0.142. The maximum absolute atomic E-state index is 12.0. The molecule has 1 atom stereocenters. The molecular formula is C13H13N5O2S. The van der Waals surface area contributed by atoms with Gasteiger partial charge in [0.2, 0.25) is 0 Å². The van der Waals surface area contributed by atoms with Crippen LogP contribution < -0.4 is 11.2 Å². The summed E-state index contributed by atoms with van der Waals surface area (Å²) in [5.41, 5.74) is 0.211. The Kier molecular flexibility index (Phi) is 3.38. The van der Waals surface area contributed by atoms with Crippen molar-refractivity contribution in [3.8, 4) is 0 Å². The summed E-state index contributed by atoms with van der Waals surface area (Å²) in [4.78, 5) is 30.6. The molecule has 2 heterocycles. The Bertz CT molecular complexity index is 911. The van der Waals surface area contributed by atoms with Gasteiger partial charge >= 0.3 is 5.69 Å². The first kappa shape index (κ1) is 13.6. The summed E-state index contributed by atoms with van der Waals surface area (Å²) in [6, 6.07) is 7.18. The number of benzene rings is 1. The molecule has 2 aromatic heterocycles. The Hall–Kier alpha value is -2.35. The van der Waals surface area contributed by atoms with E-state index in [0.29, 0.717) is 21.9 Å². The van der Waals surface area contributed by atoms with Gasteiger partial charge in [-0.2, -0.15) is 0 Å². The average molecular weight is 303 g/mol. The smallest absolute Gasteiger partial charge is 0.309 e. The van der Waals surface area contributed by atoms with Gasteiger partial charge in [-0.05, 0) is 19.1 Å². The predicted octanol–water partition coefficient (Wildman–Crippen LogP) is 1.20. The van der Waals surface area contributed by atoms with Gasteiger partial charge in [-0.15, -0.1) is 5.10 Å². The summed E-state index contributed by atoms with van der Waals surface area (Å²) in [6.07, 6.45) is 0. The molecule has 108 valence electrons. The van der Waals surface area contributed by atoms with Crippen LogP contribution >= 0.6 is 11.8 Å². The van der Waals surface area contributed by atoms with Gasteiger partial charge in [-0.3, -0.25) is 9.36 Å². The van der Waals surface area contributed by atoms with Crippen molar-refractivity contribution in [1.29, 1.82) is 0 Å². The van der Waals surface area contributed by atoms with Gasteiger partial charge in [0.25, 0.3) is 5.56 Å². The van der Waals surface area contributed by atoms with E-state index in [1.807, 2.05) is 13.0 Å². The van der Waals surface area contributed by atoms with Crippen molar-refractivity contribution in [3.05, 3.63) is 50.9 Å².